The molecule has 0 amide bonds. The summed E-state index contributed by atoms with van der Waals surface area (Å²) in [5, 5.41) is 0. The Labute approximate surface area is 125 Å². The molecule has 0 fully saturated rings. The molecule has 1 aliphatic heterocycles. The van der Waals surface area contributed by atoms with Crippen LogP contribution in [0.1, 0.15) is 22.7 Å². The predicted molar refractivity (Wildman–Crippen MR) is 85.0 cm³/mol. The minimum Gasteiger partial charge on any atom is -0.299 e. The molecule has 2 heteroatoms. The Balaban J connectivity index is 0.00000110. The fraction of sp³-hybridized carbons (Fsp3) is 0.294. The number of fused-ring (bicyclic) bond motifs is 2. The summed E-state index contributed by atoms with van der Waals surface area (Å²) < 4.78 is 0. The summed E-state index contributed by atoms with van der Waals surface area (Å²) in [5.41, 5.74) is 7.56. The second kappa shape index (κ2) is 4.77. The third-order valence-corrected chi connectivity index (χ3v) is 4.52. The van der Waals surface area contributed by atoms with Crippen LogP contribution >= 0.6 is 17.0 Å². The lowest BCUT2D eigenvalue weighted by molar-refractivity contribution is 0.228. The lowest BCUT2D eigenvalue weighted by atomic mass is 9.77. The fourth-order valence-corrected chi connectivity index (χ4v) is 3.56. The van der Waals surface area contributed by atoms with Crippen molar-refractivity contribution in [1.29, 1.82) is 0 Å². The topological polar surface area (TPSA) is 3.24 Å². The highest BCUT2D eigenvalue weighted by Gasteiger charge is 2.31. The zero-order chi connectivity index (χ0) is 12.1. The fourth-order valence-electron chi connectivity index (χ4n) is 3.56. The maximum absolute atomic E-state index is 2.52. The summed E-state index contributed by atoms with van der Waals surface area (Å²) >= 11 is 0. The zero-order valence-electron chi connectivity index (χ0n) is 11.1. The second-order valence-corrected chi connectivity index (χ2v) is 5.49. The molecule has 4 rings (SSSR count). The molecule has 1 atom stereocenters. The molecule has 2 aromatic rings. The minimum absolute atomic E-state index is 0. The van der Waals surface area contributed by atoms with E-state index in [0.717, 1.165) is 6.42 Å². The van der Waals surface area contributed by atoms with Crippen LogP contribution < -0.4 is 0 Å². The molecule has 0 saturated carbocycles. The van der Waals surface area contributed by atoms with E-state index in [-0.39, 0.29) is 17.0 Å². The molecular formula is C17H18BrN. The van der Waals surface area contributed by atoms with Crippen LogP contribution in [0, 0.1) is 0 Å². The van der Waals surface area contributed by atoms with Gasteiger partial charge in [0.1, 0.15) is 0 Å². The SMILES string of the molecule is Br.CN1CCc2cccc3c2C1Cc1ccccc1-3. The average Bonchev–Trinajstić information content (AvgIpc) is 2.43. The summed E-state index contributed by atoms with van der Waals surface area (Å²) in [6, 6.07) is 16.3. The molecule has 0 saturated heterocycles. The molecule has 0 aromatic heterocycles. The van der Waals surface area contributed by atoms with Crippen molar-refractivity contribution in [3.8, 4) is 11.1 Å². The van der Waals surface area contributed by atoms with Gasteiger partial charge in [-0.05, 0) is 47.7 Å². The molecule has 1 aliphatic carbocycles. The molecule has 0 N–H and O–H groups in total. The number of nitrogens with zero attached hydrogens (tertiary/aromatic N) is 1. The van der Waals surface area contributed by atoms with Crippen molar-refractivity contribution < 1.29 is 0 Å². The number of halogens is 1. The summed E-state index contributed by atoms with van der Waals surface area (Å²) in [4.78, 5) is 2.52. The van der Waals surface area contributed by atoms with Crippen molar-refractivity contribution in [2.75, 3.05) is 13.6 Å². The van der Waals surface area contributed by atoms with Gasteiger partial charge < -0.3 is 0 Å². The largest absolute Gasteiger partial charge is 0.299 e. The van der Waals surface area contributed by atoms with E-state index in [1.165, 1.54) is 29.7 Å². The third kappa shape index (κ3) is 1.86. The van der Waals surface area contributed by atoms with Crippen molar-refractivity contribution >= 4 is 17.0 Å². The normalized spacial score (nSPS) is 20.2. The lowest BCUT2D eigenvalue weighted by Crippen LogP contribution is -2.35. The molecule has 19 heavy (non-hydrogen) atoms. The van der Waals surface area contributed by atoms with Crippen LogP contribution in [0.3, 0.4) is 0 Å². The summed E-state index contributed by atoms with van der Waals surface area (Å²) in [6.07, 6.45) is 2.36. The Hall–Kier alpha value is -1.12. The predicted octanol–water partition coefficient (Wildman–Crippen LogP) is 4.02. The van der Waals surface area contributed by atoms with Gasteiger partial charge >= 0.3 is 0 Å². The number of rotatable bonds is 0. The van der Waals surface area contributed by atoms with E-state index >= 15 is 0 Å². The maximum atomic E-state index is 2.52. The molecule has 2 aromatic carbocycles. The summed E-state index contributed by atoms with van der Waals surface area (Å²) in [6.45, 7) is 1.18. The summed E-state index contributed by atoms with van der Waals surface area (Å²) in [7, 11) is 2.26. The van der Waals surface area contributed by atoms with E-state index in [2.05, 4.69) is 54.4 Å². The van der Waals surface area contributed by atoms with Crippen LogP contribution in [0.25, 0.3) is 11.1 Å². The first kappa shape index (κ1) is 12.9. The van der Waals surface area contributed by atoms with E-state index < -0.39 is 0 Å². The Morgan fingerprint density at radius 3 is 2.58 bits per heavy atom. The molecule has 0 radical (unpaired) electrons. The van der Waals surface area contributed by atoms with Gasteiger partial charge in [-0.25, -0.2) is 0 Å². The first-order valence-corrected chi connectivity index (χ1v) is 6.75. The maximum Gasteiger partial charge on any atom is 0.0394 e. The molecule has 2 aliphatic rings. The van der Waals surface area contributed by atoms with Gasteiger partial charge in [0, 0.05) is 12.6 Å². The van der Waals surface area contributed by atoms with Gasteiger partial charge in [0.25, 0.3) is 0 Å². The molecule has 1 heterocycles. The molecule has 0 spiro atoms. The Bertz CT molecular complexity index is 620. The highest BCUT2D eigenvalue weighted by Crippen LogP contribution is 2.44. The van der Waals surface area contributed by atoms with E-state index in [4.69, 9.17) is 0 Å². The van der Waals surface area contributed by atoms with Crippen molar-refractivity contribution in [3.05, 3.63) is 59.2 Å². The van der Waals surface area contributed by atoms with E-state index in [1.54, 1.807) is 11.1 Å². The standard InChI is InChI=1S/C17H17N.BrH/c1-18-10-9-12-6-4-8-15-14-7-3-2-5-13(14)11-16(18)17(12)15;/h2-8,16H,9-11H2,1H3;1H. The van der Waals surface area contributed by atoms with Gasteiger partial charge in [-0.3, -0.25) is 4.90 Å². The Kier molecular flexibility index (Phi) is 3.23. The Morgan fingerprint density at radius 2 is 1.68 bits per heavy atom. The van der Waals surface area contributed by atoms with Crippen molar-refractivity contribution in [3.63, 3.8) is 0 Å². The number of hydrogen-bond acceptors (Lipinski definition) is 1. The average molecular weight is 316 g/mol. The van der Waals surface area contributed by atoms with Gasteiger partial charge in [-0.1, -0.05) is 42.5 Å². The molecule has 1 unspecified atom stereocenters. The zero-order valence-corrected chi connectivity index (χ0v) is 12.8. The van der Waals surface area contributed by atoms with Crippen molar-refractivity contribution in [2.24, 2.45) is 0 Å². The van der Waals surface area contributed by atoms with Crippen molar-refractivity contribution in [2.45, 2.75) is 18.9 Å². The quantitative estimate of drug-likeness (QED) is 0.710. The van der Waals surface area contributed by atoms with E-state index in [1.807, 2.05) is 0 Å². The number of hydrogen-bond donors (Lipinski definition) is 0. The number of benzene rings is 2. The van der Waals surface area contributed by atoms with Crippen LogP contribution in [0.4, 0.5) is 0 Å². The van der Waals surface area contributed by atoms with Gasteiger partial charge in [-0.2, -0.15) is 0 Å². The van der Waals surface area contributed by atoms with Crippen molar-refractivity contribution in [1.82, 2.24) is 4.90 Å². The molecule has 1 nitrogen and oxygen atoms in total. The van der Waals surface area contributed by atoms with E-state index in [0.29, 0.717) is 6.04 Å². The smallest absolute Gasteiger partial charge is 0.0394 e. The molecular weight excluding hydrogens is 298 g/mol. The first-order chi connectivity index (χ1) is 8.84. The van der Waals surface area contributed by atoms with E-state index in [9.17, 15) is 0 Å². The Morgan fingerprint density at radius 1 is 0.947 bits per heavy atom. The van der Waals surface area contributed by atoms with Crippen LogP contribution in [0.15, 0.2) is 42.5 Å². The highest BCUT2D eigenvalue weighted by molar-refractivity contribution is 8.93. The minimum atomic E-state index is 0. The van der Waals surface area contributed by atoms with Crippen LogP contribution in [-0.2, 0) is 12.8 Å². The monoisotopic (exact) mass is 315 g/mol. The second-order valence-electron chi connectivity index (χ2n) is 5.49. The highest BCUT2D eigenvalue weighted by atomic mass is 79.9. The van der Waals surface area contributed by atoms with Crippen LogP contribution in [-0.4, -0.2) is 18.5 Å². The summed E-state index contributed by atoms with van der Waals surface area (Å²) in [5.74, 6) is 0. The van der Waals surface area contributed by atoms with Gasteiger partial charge in [-0.15, -0.1) is 17.0 Å². The lowest BCUT2D eigenvalue weighted by Gasteiger charge is -2.39. The van der Waals surface area contributed by atoms with Gasteiger partial charge in [0.2, 0.25) is 0 Å². The van der Waals surface area contributed by atoms with Gasteiger partial charge in [0.15, 0.2) is 0 Å². The first-order valence-electron chi connectivity index (χ1n) is 6.75. The van der Waals surface area contributed by atoms with Crippen LogP contribution in [0.5, 0.6) is 0 Å². The number of likely N-dealkylation sites (N-methyl/N-ethyl adjacent to an activating group) is 1. The third-order valence-electron chi connectivity index (χ3n) is 4.52. The van der Waals surface area contributed by atoms with Crippen LogP contribution in [0.2, 0.25) is 0 Å². The molecule has 98 valence electrons. The van der Waals surface area contributed by atoms with Gasteiger partial charge in [0.05, 0.1) is 0 Å². The molecule has 0 bridgehead atoms.